The van der Waals surface area contributed by atoms with Crippen molar-refractivity contribution in [1.29, 1.82) is 0 Å². The Morgan fingerprint density at radius 1 is 1.40 bits per heavy atom. The van der Waals surface area contributed by atoms with E-state index in [9.17, 15) is 0 Å². The van der Waals surface area contributed by atoms with Crippen LogP contribution < -0.4 is 10.2 Å². The minimum Gasteiger partial charge on any atom is -0.407 e. The van der Waals surface area contributed by atoms with Crippen LogP contribution in [0.4, 0.5) is 6.01 Å². The number of nitrogens with one attached hydrogen (secondary N) is 1. The molecule has 114 valence electrons. The third-order valence-electron chi connectivity index (χ3n) is 3.28. The number of piperidine rings is 1. The van der Waals surface area contributed by atoms with Gasteiger partial charge < -0.3 is 24.5 Å². The van der Waals surface area contributed by atoms with Gasteiger partial charge in [0.15, 0.2) is 0 Å². The molecule has 2 rings (SSSR count). The summed E-state index contributed by atoms with van der Waals surface area (Å²) in [6, 6.07) is 0.982. The Kier molecular flexibility index (Phi) is 5.75. The molecule has 1 saturated heterocycles. The van der Waals surface area contributed by atoms with Crippen molar-refractivity contribution in [3.8, 4) is 0 Å². The number of hydrogen-bond donors (Lipinski definition) is 2. The van der Waals surface area contributed by atoms with Crippen LogP contribution in [0, 0.1) is 0 Å². The highest BCUT2D eigenvalue weighted by Gasteiger charge is 2.23. The summed E-state index contributed by atoms with van der Waals surface area (Å²) in [4.78, 5) is 2.09. The molecule has 1 aliphatic rings. The van der Waals surface area contributed by atoms with Crippen LogP contribution in [-0.2, 0) is 11.3 Å². The number of nitrogens with zero attached hydrogens (tertiary/aromatic N) is 3. The maximum Gasteiger partial charge on any atom is 0.318 e. The van der Waals surface area contributed by atoms with E-state index in [0.717, 1.165) is 25.9 Å². The SMILES string of the molecule is CC(C)NCc1nnc(N2CCC(OCCO)CC2)o1. The lowest BCUT2D eigenvalue weighted by atomic mass is 10.1. The number of rotatable bonds is 7. The summed E-state index contributed by atoms with van der Waals surface area (Å²) < 4.78 is 11.2. The lowest BCUT2D eigenvalue weighted by Crippen LogP contribution is -2.37. The first-order valence-corrected chi connectivity index (χ1v) is 7.22. The molecule has 0 atom stereocenters. The van der Waals surface area contributed by atoms with Gasteiger partial charge in [-0.15, -0.1) is 5.10 Å². The molecule has 20 heavy (non-hydrogen) atoms. The summed E-state index contributed by atoms with van der Waals surface area (Å²) in [5.74, 6) is 0.618. The smallest absolute Gasteiger partial charge is 0.318 e. The van der Waals surface area contributed by atoms with Crippen molar-refractivity contribution in [3.63, 3.8) is 0 Å². The number of aromatic nitrogens is 2. The van der Waals surface area contributed by atoms with Crippen molar-refractivity contribution in [2.75, 3.05) is 31.2 Å². The standard InChI is InChI=1S/C13H24N4O3/c1-10(2)14-9-12-15-16-13(20-12)17-5-3-11(4-6-17)19-8-7-18/h10-11,14,18H,3-9H2,1-2H3. The zero-order valence-corrected chi connectivity index (χ0v) is 12.2. The van der Waals surface area contributed by atoms with Gasteiger partial charge in [-0.2, -0.15) is 0 Å². The molecule has 0 bridgehead atoms. The summed E-state index contributed by atoms with van der Waals surface area (Å²) in [5.41, 5.74) is 0. The molecule has 0 aromatic carbocycles. The first-order chi connectivity index (χ1) is 9.69. The second-order valence-corrected chi connectivity index (χ2v) is 5.29. The monoisotopic (exact) mass is 284 g/mol. The average Bonchev–Trinajstić information content (AvgIpc) is 2.92. The van der Waals surface area contributed by atoms with Gasteiger partial charge >= 0.3 is 6.01 Å². The molecule has 1 aliphatic heterocycles. The summed E-state index contributed by atoms with van der Waals surface area (Å²) in [6.45, 7) is 6.93. The number of hydrogen-bond acceptors (Lipinski definition) is 7. The first kappa shape index (κ1) is 15.2. The molecule has 2 N–H and O–H groups in total. The fraction of sp³-hybridized carbons (Fsp3) is 0.846. The van der Waals surface area contributed by atoms with Gasteiger partial charge in [-0.25, -0.2) is 0 Å². The van der Waals surface area contributed by atoms with E-state index in [4.69, 9.17) is 14.3 Å². The van der Waals surface area contributed by atoms with Gasteiger partial charge in [0.25, 0.3) is 0 Å². The van der Waals surface area contributed by atoms with E-state index in [1.165, 1.54) is 0 Å². The van der Waals surface area contributed by atoms with Gasteiger partial charge in [0.05, 0.1) is 25.9 Å². The summed E-state index contributed by atoms with van der Waals surface area (Å²) >= 11 is 0. The Bertz CT molecular complexity index is 389. The van der Waals surface area contributed by atoms with Gasteiger partial charge in [0.1, 0.15) is 0 Å². The normalized spacial score (nSPS) is 17.1. The molecule has 0 radical (unpaired) electrons. The predicted octanol–water partition coefficient (Wildman–Crippen LogP) is 0.545. The quantitative estimate of drug-likeness (QED) is 0.756. The highest BCUT2D eigenvalue weighted by molar-refractivity contribution is 5.24. The molecule has 0 unspecified atom stereocenters. The van der Waals surface area contributed by atoms with Crippen LogP contribution in [0.3, 0.4) is 0 Å². The molecule has 0 aliphatic carbocycles. The highest BCUT2D eigenvalue weighted by Crippen LogP contribution is 2.20. The Labute approximate surface area is 119 Å². The van der Waals surface area contributed by atoms with E-state index in [0.29, 0.717) is 31.1 Å². The molecule has 7 heteroatoms. The van der Waals surface area contributed by atoms with Crippen molar-refractivity contribution in [3.05, 3.63) is 5.89 Å². The summed E-state index contributed by atoms with van der Waals surface area (Å²) in [7, 11) is 0. The fourth-order valence-electron chi connectivity index (χ4n) is 2.17. The van der Waals surface area contributed by atoms with Crippen molar-refractivity contribution in [2.45, 2.75) is 45.4 Å². The lowest BCUT2D eigenvalue weighted by Gasteiger charge is -2.30. The third-order valence-corrected chi connectivity index (χ3v) is 3.28. The zero-order chi connectivity index (χ0) is 14.4. The number of ether oxygens (including phenoxy) is 1. The van der Waals surface area contributed by atoms with Crippen LogP contribution in [0.2, 0.25) is 0 Å². The molecular formula is C13H24N4O3. The number of anilines is 1. The number of aliphatic hydroxyl groups is 1. The van der Waals surface area contributed by atoms with Gasteiger partial charge in [-0.1, -0.05) is 18.9 Å². The Hall–Kier alpha value is -1.18. The van der Waals surface area contributed by atoms with E-state index in [2.05, 4.69) is 34.3 Å². The Morgan fingerprint density at radius 3 is 2.80 bits per heavy atom. The van der Waals surface area contributed by atoms with Gasteiger partial charge in [0.2, 0.25) is 5.89 Å². The van der Waals surface area contributed by atoms with Crippen LogP contribution in [-0.4, -0.2) is 53.8 Å². The van der Waals surface area contributed by atoms with E-state index in [1.54, 1.807) is 0 Å². The maximum atomic E-state index is 8.74. The fourth-order valence-corrected chi connectivity index (χ4v) is 2.17. The second-order valence-electron chi connectivity index (χ2n) is 5.29. The minimum atomic E-state index is 0.0794. The first-order valence-electron chi connectivity index (χ1n) is 7.22. The summed E-state index contributed by atoms with van der Waals surface area (Å²) in [6.07, 6.45) is 2.06. The largest absolute Gasteiger partial charge is 0.407 e. The van der Waals surface area contributed by atoms with E-state index >= 15 is 0 Å². The molecule has 0 spiro atoms. The molecule has 1 aromatic rings. The molecule has 0 saturated carbocycles. The molecule has 1 aromatic heterocycles. The Balaban J connectivity index is 1.78. The summed E-state index contributed by atoms with van der Waals surface area (Å²) in [5, 5.41) is 20.1. The van der Waals surface area contributed by atoms with Gasteiger partial charge in [-0.05, 0) is 12.8 Å². The van der Waals surface area contributed by atoms with E-state index in [-0.39, 0.29) is 12.7 Å². The molecule has 0 amide bonds. The molecule has 7 nitrogen and oxygen atoms in total. The average molecular weight is 284 g/mol. The van der Waals surface area contributed by atoms with Crippen LogP contribution in [0.15, 0.2) is 4.42 Å². The molecule has 1 fully saturated rings. The van der Waals surface area contributed by atoms with E-state index < -0.39 is 0 Å². The van der Waals surface area contributed by atoms with Gasteiger partial charge in [0, 0.05) is 19.1 Å². The highest BCUT2D eigenvalue weighted by atomic mass is 16.5. The van der Waals surface area contributed by atoms with E-state index in [1.807, 2.05) is 0 Å². The number of aliphatic hydroxyl groups excluding tert-OH is 1. The van der Waals surface area contributed by atoms with Gasteiger partial charge in [-0.3, -0.25) is 0 Å². The van der Waals surface area contributed by atoms with Crippen molar-refractivity contribution >= 4 is 6.01 Å². The second kappa shape index (κ2) is 7.56. The maximum absolute atomic E-state index is 8.74. The van der Waals surface area contributed by atoms with Crippen LogP contribution >= 0.6 is 0 Å². The van der Waals surface area contributed by atoms with Crippen molar-refractivity contribution in [2.24, 2.45) is 0 Å². The topological polar surface area (TPSA) is 83.7 Å². The molecular weight excluding hydrogens is 260 g/mol. The predicted molar refractivity (Wildman–Crippen MR) is 74.5 cm³/mol. The third kappa shape index (κ3) is 4.43. The van der Waals surface area contributed by atoms with Crippen molar-refractivity contribution in [1.82, 2.24) is 15.5 Å². The Morgan fingerprint density at radius 2 is 2.15 bits per heavy atom. The molecule has 2 heterocycles. The van der Waals surface area contributed by atoms with Crippen molar-refractivity contribution < 1.29 is 14.3 Å². The van der Waals surface area contributed by atoms with Crippen LogP contribution in [0.25, 0.3) is 0 Å². The zero-order valence-electron chi connectivity index (χ0n) is 12.2. The lowest BCUT2D eigenvalue weighted by molar-refractivity contribution is 0.0154. The van der Waals surface area contributed by atoms with Crippen LogP contribution in [0.1, 0.15) is 32.6 Å². The minimum absolute atomic E-state index is 0.0794. The van der Waals surface area contributed by atoms with Crippen LogP contribution in [0.5, 0.6) is 0 Å².